The molecule has 9 heteroatoms. The van der Waals surface area contributed by atoms with Crippen molar-refractivity contribution >= 4 is 15.9 Å². The zero-order valence-corrected chi connectivity index (χ0v) is 14.0. The summed E-state index contributed by atoms with van der Waals surface area (Å²) >= 11 is 0. The highest BCUT2D eigenvalue weighted by Crippen LogP contribution is 2.31. The Morgan fingerprint density at radius 1 is 1.28 bits per heavy atom. The van der Waals surface area contributed by atoms with Crippen LogP contribution in [0.2, 0.25) is 0 Å². The summed E-state index contributed by atoms with van der Waals surface area (Å²) < 4.78 is 27.7. The molecule has 8 nitrogen and oxygen atoms in total. The number of sulfonamides is 1. The van der Waals surface area contributed by atoms with Crippen molar-refractivity contribution in [1.29, 1.82) is 0 Å². The third kappa shape index (κ3) is 3.78. The van der Waals surface area contributed by atoms with E-state index < -0.39 is 15.6 Å². The van der Waals surface area contributed by atoms with Gasteiger partial charge in [-0.25, -0.2) is 13.6 Å². The van der Waals surface area contributed by atoms with E-state index in [9.17, 15) is 18.3 Å². The van der Waals surface area contributed by atoms with Crippen LogP contribution in [0.1, 0.15) is 5.56 Å². The lowest BCUT2D eigenvalue weighted by atomic mass is 9.87. The molecule has 1 aromatic carbocycles. The first-order chi connectivity index (χ1) is 11.8. The molecule has 1 aliphatic heterocycles. The Balaban J connectivity index is 1.53. The van der Waals surface area contributed by atoms with Gasteiger partial charge in [-0.05, 0) is 30.3 Å². The molecule has 3 N–H and O–H groups in total. The van der Waals surface area contributed by atoms with Crippen LogP contribution in [0.25, 0.3) is 0 Å². The quantitative estimate of drug-likeness (QED) is 0.761. The molecule has 0 aliphatic carbocycles. The summed E-state index contributed by atoms with van der Waals surface area (Å²) in [4.78, 5) is 17.5. The highest BCUT2D eigenvalue weighted by Gasteiger charge is 2.45. The van der Waals surface area contributed by atoms with E-state index in [0.29, 0.717) is 11.3 Å². The number of nitrogens with two attached hydrogens (primary N) is 1. The Labute approximate surface area is 144 Å². The first-order valence-corrected chi connectivity index (χ1v) is 8.99. The van der Waals surface area contributed by atoms with E-state index in [2.05, 4.69) is 4.98 Å². The number of hydrogen-bond donors (Lipinski definition) is 2. The van der Waals surface area contributed by atoms with E-state index in [1.807, 2.05) is 0 Å². The van der Waals surface area contributed by atoms with Crippen LogP contribution in [0.5, 0.6) is 5.75 Å². The van der Waals surface area contributed by atoms with Crippen LogP contribution in [0.3, 0.4) is 0 Å². The van der Waals surface area contributed by atoms with Gasteiger partial charge in [-0.3, -0.25) is 9.78 Å². The number of aliphatic hydroxyl groups is 1. The Hall–Kier alpha value is -2.49. The van der Waals surface area contributed by atoms with Crippen molar-refractivity contribution in [2.45, 2.75) is 10.5 Å². The summed E-state index contributed by atoms with van der Waals surface area (Å²) in [7, 11) is -3.76. The molecule has 0 atom stereocenters. The summed E-state index contributed by atoms with van der Waals surface area (Å²) in [6.07, 6.45) is 3.19. The molecule has 0 spiro atoms. The molecule has 1 amide bonds. The van der Waals surface area contributed by atoms with Crippen molar-refractivity contribution in [3.63, 3.8) is 0 Å². The topological polar surface area (TPSA) is 123 Å². The fourth-order valence-electron chi connectivity index (χ4n) is 2.54. The van der Waals surface area contributed by atoms with Crippen molar-refractivity contribution in [2.24, 2.45) is 5.14 Å². The first-order valence-electron chi connectivity index (χ1n) is 7.44. The third-order valence-corrected chi connectivity index (χ3v) is 4.90. The van der Waals surface area contributed by atoms with Gasteiger partial charge in [-0.2, -0.15) is 0 Å². The first kappa shape index (κ1) is 17.3. The largest absolute Gasteiger partial charge is 0.484 e. The van der Waals surface area contributed by atoms with Gasteiger partial charge in [0.05, 0.1) is 18.0 Å². The fraction of sp³-hybridized carbons (Fsp3) is 0.250. The lowest BCUT2D eigenvalue weighted by molar-refractivity contribution is -0.159. The number of primary sulfonamides is 1. The molecule has 0 radical (unpaired) electrons. The molecule has 0 unspecified atom stereocenters. The summed E-state index contributed by atoms with van der Waals surface area (Å²) in [6, 6.07) is 8.95. The second-order valence-electron chi connectivity index (χ2n) is 5.83. The lowest BCUT2D eigenvalue weighted by Crippen LogP contribution is -2.62. The van der Waals surface area contributed by atoms with E-state index in [4.69, 9.17) is 9.88 Å². The predicted molar refractivity (Wildman–Crippen MR) is 88.0 cm³/mol. The Morgan fingerprint density at radius 2 is 1.96 bits per heavy atom. The van der Waals surface area contributed by atoms with E-state index >= 15 is 0 Å². The Kier molecular flexibility index (Phi) is 4.46. The number of nitrogens with zero attached hydrogens (tertiary/aromatic N) is 2. The minimum Gasteiger partial charge on any atom is -0.484 e. The van der Waals surface area contributed by atoms with Crippen LogP contribution >= 0.6 is 0 Å². The minimum atomic E-state index is -3.76. The van der Waals surface area contributed by atoms with E-state index in [0.717, 1.165) is 0 Å². The van der Waals surface area contributed by atoms with Crippen molar-refractivity contribution in [2.75, 3.05) is 19.7 Å². The molecule has 1 saturated heterocycles. The molecule has 1 aromatic heterocycles. The molecule has 132 valence electrons. The molecule has 1 aliphatic rings. The fourth-order valence-corrected chi connectivity index (χ4v) is 3.06. The average Bonchev–Trinajstić information content (AvgIpc) is 2.57. The van der Waals surface area contributed by atoms with Crippen molar-refractivity contribution < 1.29 is 23.1 Å². The third-order valence-electron chi connectivity index (χ3n) is 3.97. The minimum absolute atomic E-state index is 0.0320. The van der Waals surface area contributed by atoms with Gasteiger partial charge in [0.1, 0.15) is 11.4 Å². The van der Waals surface area contributed by atoms with Crippen LogP contribution < -0.4 is 9.88 Å². The normalized spacial score (nSPS) is 16.2. The highest BCUT2D eigenvalue weighted by atomic mass is 32.2. The van der Waals surface area contributed by atoms with E-state index in [-0.39, 0.29) is 30.5 Å². The second-order valence-corrected chi connectivity index (χ2v) is 7.39. The number of amides is 1. The predicted octanol–water partition coefficient (Wildman–Crippen LogP) is -0.162. The van der Waals surface area contributed by atoms with Gasteiger partial charge in [0.2, 0.25) is 10.0 Å². The summed E-state index contributed by atoms with van der Waals surface area (Å²) in [5.74, 6) is 0.0767. The van der Waals surface area contributed by atoms with Gasteiger partial charge in [-0.1, -0.05) is 6.07 Å². The number of carbonyl (C=O) groups is 1. The second kappa shape index (κ2) is 6.43. The zero-order valence-electron chi connectivity index (χ0n) is 13.2. The smallest absolute Gasteiger partial charge is 0.260 e. The van der Waals surface area contributed by atoms with E-state index in [1.165, 1.54) is 29.2 Å². The van der Waals surface area contributed by atoms with Crippen molar-refractivity contribution in [1.82, 2.24) is 9.88 Å². The highest BCUT2D eigenvalue weighted by molar-refractivity contribution is 7.89. The number of rotatable bonds is 5. The molecule has 25 heavy (non-hydrogen) atoms. The van der Waals surface area contributed by atoms with Gasteiger partial charge in [0.15, 0.2) is 6.61 Å². The number of carbonyl (C=O) groups excluding carboxylic acids is 1. The maximum Gasteiger partial charge on any atom is 0.260 e. The summed E-state index contributed by atoms with van der Waals surface area (Å²) in [5.41, 5.74) is -0.417. The SMILES string of the molecule is NS(=O)(=O)c1ccc(OCC(=O)N2CC(O)(c3cccnc3)C2)cc1. The van der Waals surface area contributed by atoms with Crippen molar-refractivity contribution in [3.8, 4) is 5.75 Å². The summed E-state index contributed by atoms with van der Waals surface area (Å²) in [5, 5.41) is 15.5. The Morgan fingerprint density at radius 3 is 2.52 bits per heavy atom. The number of aromatic nitrogens is 1. The van der Waals surface area contributed by atoms with Gasteiger partial charge < -0.3 is 14.7 Å². The molecule has 0 bridgehead atoms. The molecule has 0 saturated carbocycles. The number of hydrogen-bond acceptors (Lipinski definition) is 6. The molecular formula is C16H17N3O5S. The standard InChI is InChI=1S/C16H17N3O5S/c17-25(22,23)14-5-3-13(4-6-14)24-9-15(20)19-10-16(21,11-19)12-2-1-7-18-8-12/h1-8,21H,9-11H2,(H2,17,22,23). The number of ether oxygens (including phenoxy) is 1. The van der Waals surface area contributed by atoms with Crippen molar-refractivity contribution in [3.05, 3.63) is 54.4 Å². The lowest BCUT2D eigenvalue weighted by Gasteiger charge is -2.46. The zero-order chi connectivity index (χ0) is 18.1. The van der Waals surface area contributed by atoms with Crippen LogP contribution in [0.15, 0.2) is 53.7 Å². The maximum absolute atomic E-state index is 12.1. The summed E-state index contributed by atoms with van der Waals surface area (Å²) in [6.45, 7) is 0.133. The Bertz CT molecular complexity index is 862. The van der Waals surface area contributed by atoms with Crippen LogP contribution in [0.4, 0.5) is 0 Å². The van der Waals surface area contributed by atoms with Gasteiger partial charge in [0.25, 0.3) is 5.91 Å². The van der Waals surface area contributed by atoms with Gasteiger partial charge in [0, 0.05) is 18.0 Å². The number of pyridine rings is 1. The number of benzene rings is 1. The average molecular weight is 363 g/mol. The molecule has 1 fully saturated rings. The van der Waals surface area contributed by atoms with Gasteiger partial charge in [-0.15, -0.1) is 0 Å². The van der Waals surface area contributed by atoms with Crippen LogP contribution in [-0.2, 0) is 20.4 Å². The monoisotopic (exact) mass is 363 g/mol. The van der Waals surface area contributed by atoms with Crippen LogP contribution in [-0.4, -0.2) is 49.0 Å². The number of likely N-dealkylation sites (tertiary alicyclic amines) is 1. The molecule has 2 heterocycles. The number of β-amino-alcohol motifs (C(OH)–C–C–N with tert-alkyl or cyclic N) is 1. The van der Waals surface area contributed by atoms with E-state index in [1.54, 1.807) is 24.5 Å². The van der Waals surface area contributed by atoms with Crippen LogP contribution in [0, 0.1) is 0 Å². The molecular weight excluding hydrogens is 346 g/mol. The molecule has 2 aromatic rings. The van der Waals surface area contributed by atoms with Gasteiger partial charge >= 0.3 is 0 Å². The molecule has 3 rings (SSSR count). The maximum atomic E-state index is 12.1.